The number of hydrogen-bond donors (Lipinski definition) is 1. The molecule has 0 bridgehead atoms. The number of para-hydroxylation sites is 2. The van der Waals surface area contributed by atoms with Crippen LogP contribution >= 0.6 is 0 Å². The Bertz CT molecular complexity index is 3000. The lowest BCUT2D eigenvalue weighted by Gasteiger charge is -2.23. The van der Waals surface area contributed by atoms with Gasteiger partial charge in [0.25, 0.3) is 0 Å². The van der Waals surface area contributed by atoms with Gasteiger partial charge in [0.05, 0.1) is 28.0 Å². The predicted molar refractivity (Wildman–Crippen MR) is 237 cm³/mol. The molecule has 7 aromatic carbocycles. The molecule has 0 saturated heterocycles. The third kappa shape index (κ3) is 6.91. The third-order valence-corrected chi connectivity index (χ3v) is 10.6. The van der Waals surface area contributed by atoms with Crippen molar-refractivity contribution < 1.29 is 9.22 Å². The SMILES string of the molecule is [2H]C([2H])([2H])c1ccc(-c2ccnc(-c3cc(-c4ccccc4)cc(-c4cccc5c4nc(-c4ccccc4O)n5-c4ccc(C(C)(C)C)cc4-c4ccccc4)c3)c2)cc1. The van der Waals surface area contributed by atoms with Crippen molar-refractivity contribution in [2.45, 2.75) is 33.0 Å². The molecule has 276 valence electrons. The molecule has 57 heavy (non-hydrogen) atoms. The predicted octanol–water partition coefficient (Wildman–Crippen LogP) is 13.7. The molecule has 0 unspecified atom stereocenters. The molecule has 0 atom stereocenters. The second kappa shape index (κ2) is 14.6. The second-order valence-electron chi connectivity index (χ2n) is 15.5. The molecule has 0 aliphatic heterocycles. The van der Waals surface area contributed by atoms with E-state index in [2.05, 4.69) is 122 Å². The number of aromatic hydroxyl groups is 1. The van der Waals surface area contributed by atoms with Gasteiger partial charge in [-0.2, -0.15) is 0 Å². The smallest absolute Gasteiger partial charge is 0.149 e. The van der Waals surface area contributed by atoms with Crippen LogP contribution in [0.5, 0.6) is 5.75 Å². The maximum absolute atomic E-state index is 11.4. The minimum absolute atomic E-state index is 0.0765. The summed E-state index contributed by atoms with van der Waals surface area (Å²) >= 11 is 0. The summed E-state index contributed by atoms with van der Waals surface area (Å²) < 4.78 is 25.6. The van der Waals surface area contributed by atoms with Crippen LogP contribution in [-0.4, -0.2) is 19.6 Å². The van der Waals surface area contributed by atoms with Crippen molar-refractivity contribution in [1.82, 2.24) is 14.5 Å². The van der Waals surface area contributed by atoms with Gasteiger partial charge in [-0.3, -0.25) is 9.55 Å². The van der Waals surface area contributed by atoms with E-state index in [-0.39, 0.29) is 11.2 Å². The Hall–Kier alpha value is -7.04. The number of nitrogens with zero attached hydrogens (tertiary/aromatic N) is 3. The number of aromatic nitrogens is 3. The van der Waals surface area contributed by atoms with Gasteiger partial charge in [-0.25, -0.2) is 4.98 Å². The Morgan fingerprint density at radius 3 is 1.93 bits per heavy atom. The van der Waals surface area contributed by atoms with Gasteiger partial charge >= 0.3 is 0 Å². The van der Waals surface area contributed by atoms with E-state index in [9.17, 15) is 5.11 Å². The third-order valence-electron chi connectivity index (χ3n) is 10.6. The summed E-state index contributed by atoms with van der Waals surface area (Å²) in [6.07, 6.45) is 1.80. The Morgan fingerprint density at radius 1 is 0.526 bits per heavy atom. The summed E-state index contributed by atoms with van der Waals surface area (Å²) in [6, 6.07) is 58.7. The first-order chi connectivity index (χ1) is 28.9. The van der Waals surface area contributed by atoms with Crippen molar-refractivity contribution in [2.24, 2.45) is 0 Å². The molecule has 0 saturated carbocycles. The van der Waals surface area contributed by atoms with Gasteiger partial charge in [-0.05, 0) is 112 Å². The molecule has 0 spiro atoms. The second-order valence-corrected chi connectivity index (χ2v) is 15.5. The number of phenolic OH excluding ortho intramolecular Hbond substituents is 1. The first-order valence-electron chi connectivity index (χ1n) is 20.7. The van der Waals surface area contributed by atoms with Crippen molar-refractivity contribution in [3.05, 3.63) is 193 Å². The van der Waals surface area contributed by atoms with Gasteiger partial charge in [-0.1, -0.05) is 142 Å². The molecule has 0 amide bonds. The van der Waals surface area contributed by atoms with Crippen molar-refractivity contribution in [2.75, 3.05) is 0 Å². The molecule has 2 aromatic heterocycles. The summed E-state index contributed by atoms with van der Waals surface area (Å²) in [5.41, 5.74) is 14.4. The fraction of sp³-hybridized carbons (Fsp3) is 0.0943. The molecule has 9 rings (SSSR count). The molecule has 9 aromatic rings. The van der Waals surface area contributed by atoms with E-state index in [1.165, 1.54) is 5.56 Å². The highest BCUT2D eigenvalue weighted by Crippen LogP contribution is 2.42. The topological polar surface area (TPSA) is 50.9 Å². The highest BCUT2D eigenvalue weighted by molar-refractivity contribution is 5.98. The van der Waals surface area contributed by atoms with Gasteiger partial charge in [0.1, 0.15) is 11.6 Å². The zero-order chi connectivity index (χ0) is 41.6. The summed E-state index contributed by atoms with van der Waals surface area (Å²) in [5, 5.41) is 11.4. The number of imidazole rings is 1. The average molecular weight is 741 g/mol. The number of benzene rings is 7. The van der Waals surface area contributed by atoms with E-state index < -0.39 is 6.85 Å². The molecule has 0 aliphatic rings. The molecule has 4 nitrogen and oxygen atoms in total. The van der Waals surface area contributed by atoms with Gasteiger partial charge in [-0.15, -0.1) is 0 Å². The number of rotatable bonds is 7. The van der Waals surface area contributed by atoms with E-state index >= 15 is 0 Å². The van der Waals surface area contributed by atoms with Crippen molar-refractivity contribution in [1.29, 1.82) is 0 Å². The van der Waals surface area contributed by atoms with Crippen molar-refractivity contribution in [3.63, 3.8) is 0 Å². The van der Waals surface area contributed by atoms with E-state index in [1.807, 2.05) is 60.7 Å². The van der Waals surface area contributed by atoms with Crippen LogP contribution in [0, 0.1) is 6.85 Å². The van der Waals surface area contributed by atoms with E-state index in [4.69, 9.17) is 14.1 Å². The minimum atomic E-state index is -2.17. The first kappa shape index (κ1) is 32.2. The van der Waals surface area contributed by atoms with Crippen LogP contribution in [0.25, 0.3) is 83.9 Å². The zero-order valence-corrected chi connectivity index (χ0v) is 32.1. The van der Waals surface area contributed by atoms with Gasteiger partial charge in [0, 0.05) is 27.0 Å². The van der Waals surface area contributed by atoms with Gasteiger partial charge < -0.3 is 5.11 Å². The van der Waals surface area contributed by atoms with Crippen molar-refractivity contribution in [3.8, 4) is 78.6 Å². The number of fused-ring (bicyclic) bond motifs is 1. The first-order valence-corrected chi connectivity index (χ1v) is 19.2. The quantitative estimate of drug-likeness (QED) is 0.177. The van der Waals surface area contributed by atoms with Gasteiger partial charge in [0.2, 0.25) is 0 Å². The summed E-state index contributed by atoms with van der Waals surface area (Å²) in [7, 11) is 0. The lowest BCUT2D eigenvalue weighted by Crippen LogP contribution is -2.12. The Balaban J connectivity index is 1.27. The normalized spacial score (nSPS) is 12.6. The standard InChI is InChI=1S/C53H43N3O/c1-35-22-24-37(25-23-35)39-28-29-54-47(33-39)42-31-40(36-14-7-5-8-15-36)30-41(32-42)44-19-13-20-49-51(44)55-52(45-18-11-12-21-50(45)57)56(49)48-27-26-43(53(2,3)4)34-46(48)38-16-9-6-10-17-38/h5-34,57H,1-4H3/i1D3. The summed E-state index contributed by atoms with van der Waals surface area (Å²) in [6.45, 7) is 4.52. The van der Waals surface area contributed by atoms with Crippen LogP contribution < -0.4 is 0 Å². The molecule has 2 heterocycles. The Morgan fingerprint density at radius 2 is 1.19 bits per heavy atom. The number of aryl methyl sites for hydroxylation is 1. The largest absolute Gasteiger partial charge is 0.507 e. The highest BCUT2D eigenvalue weighted by Gasteiger charge is 2.24. The molecule has 1 N–H and O–H groups in total. The fourth-order valence-corrected chi connectivity index (χ4v) is 7.62. The number of hydrogen-bond acceptors (Lipinski definition) is 3. The zero-order valence-electron chi connectivity index (χ0n) is 35.1. The number of phenols is 1. The van der Waals surface area contributed by atoms with Crippen LogP contribution in [0.1, 0.15) is 36.0 Å². The summed E-state index contributed by atoms with van der Waals surface area (Å²) in [5.74, 6) is 0.782. The van der Waals surface area contributed by atoms with Crippen LogP contribution in [-0.2, 0) is 5.41 Å². The molecule has 0 radical (unpaired) electrons. The average Bonchev–Trinajstić information content (AvgIpc) is 3.66. The molecule has 0 aliphatic carbocycles. The monoisotopic (exact) mass is 740 g/mol. The number of pyridine rings is 1. The maximum Gasteiger partial charge on any atom is 0.149 e. The molecule has 0 fully saturated rings. The maximum atomic E-state index is 11.4. The van der Waals surface area contributed by atoms with E-state index in [1.54, 1.807) is 24.4 Å². The molecular formula is C53H43N3O. The lowest BCUT2D eigenvalue weighted by molar-refractivity contribution is 0.477. The molecular weight excluding hydrogens is 695 g/mol. The van der Waals surface area contributed by atoms with Gasteiger partial charge in [0.15, 0.2) is 0 Å². The Labute approximate surface area is 338 Å². The van der Waals surface area contributed by atoms with Crippen LogP contribution in [0.3, 0.4) is 0 Å². The van der Waals surface area contributed by atoms with Crippen LogP contribution in [0.4, 0.5) is 0 Å². The minimum Gasteiger partial charge on any atom is -0.507 e. The summed E-state index contributed by atoms with van der Waals surface area (Å²) in [4.78, 5) is 10.3. The van der Waals surface area contributed by atoms with E-state index in [0.29, 0.717) is 17.0 Å². The van der Waals surface area contributed by atoms with Crippen LogP contribution in [0.2, 0.25) is 0 Å². The molecule has 4 heteroatoms. The van der Waals surface area contributed by atoms with Crippen LogP contribution in [0.15, 0.2) is 182 Å². The lowest BCUT2D eigenvalue weighted by atomic mass is 9.85. The van der Waals surface area contributed by atoms with Crippen molar-refractivity contribution >= 4 is 11.0 Å². The fourth-order valence-electron chi connectivity index (χ4n) is 7.62. The Kier molecular flexibility index (Phi) is 8.23. The highest BCUT2D eigenvalue weighted by atomic mass is 16.3. The van der Waals surface area contributed by atoms with E-state index in [0.717, 1.165) is 72.5 Å².